The average molecular weight is 152 g/mol. The van der Waals surface area contributed by atoms with Crippen LogP contribution in [0.3, 0.4) is 0 Å². The fourth-order valence-corrected chi connectivity index (χ4v) is 0.726. The van der Waals surface area contributed by atoms with E-state index in [-0.39, 0.29) is 0 Å². The van der Waals surface area contributed by atoms with Gasteiger partial charge in [-0.05, 0) is 6.92 Å². The average Bonchev–Trinajstić information content (AvgIpc) is 2.06. The molecule has 1 heterocycles. The normalized spacial score (nSPS) is 9.27. The molecule has 0 atom stereocenters. The Morgan fingerprint density at radius 2 is 2.55 bits per heavy atom. The van der Waals surface area contributed by atoms with Crippen molar-refractivity contribution in [1.82, 2.24) is 9.97 Å². The van der Waals surface area contributed by atoms with Crippen LogP contribution in [0, 0.1) is 6.33 Å². The lowest BCUT2D eigenvalue weighted by molar-refractivity contribution is 0.412. The van der Waals surface area contributed by atoms with Crippen LogP contribution in [0.4, 0.5) is 5.82 Å². The zero-order chi connectivity index (χ0) is 8.10. The molecular formula is C7H10N3O. The predicted molar refractivity (Wildman–Crippen MR) is 41.6 cm³/mol. The Bertz CT molecular complexity index is 227. The molecule has 1 aromatic heterocycles. The molecule has 0 unspecified atom stereocenters. The number of ether oxygens (including phenoxy) is 1. The minimum Gasteiger partial charge on any atom is -0.491 e. The number of anilines is 1. The number of hydrogen-bond donors (Lipinski definition) is 1. The third-order valence-corrected chi connectivity index (χ3v) is 1.20. The van der Waals surface area contributed by atoms with Gasteiger partial charge < -0.3 is 10.1 Å². The number of nitrogens with zero attached hydrogens (tertiary/aromatic N) is 2. The lowest BCUT2D eigenvalue weighted by atomic mass is 10.5. The van der Waals surface area contributed by atoms with Crippen LogP contribution in [-0.2, 0) is 0 Å². The van der Waals surface area contributed by atoms with Crippen molar-refractivity contribution in [1.29, 1.82) is 0 Å². The van der Waals surface area contributed by atoms with Gasteiger partial charge in [-0.2, -0.15) is 0 Å². The molecule has 0 aliphatic carbocycles. The minimum absolute atomic E-state index is 0.644. The van der Waals surface area contributed by atoms with Crippen LogP contribution in [0.1, 0.15) is 6.92 Å². The molecule has 1 rings (SSSR count). The molecule has 0 saturated heterocycles. The van der Waals surface area contributed by atoms with E-state index in [4.69, 9.17) is 4.74 Å². The van der Waals surface area contributed by atoms with E-state index in [0.717, 1.165) is 6.54 Å². The van der Waals surface area contributed by atoms with Crippen molar-refractivity contribution in [3.05, 3.63) is 12.5 Å². The number of rotatable bonds is 3. The largest absolute Gasteiger partial charge is 0.491 e. The molecule has 0 fully saturated rings. The molecule has 0 aromatic carbocycles. The molecule has 1 radical (unpaired) electrons. The van der Waals surface area contributed by atoms with Crippen LogP contribution < -0.4 is 10.1 Å². The monoisotopic (exact) mass is 152 g/mol. The molecule has 4 heteroatoms. The van der Waals surface area contributed by atoms with Gasteiger partial charge in [-0.1, -0.05) is 0 Å². The maximum Gasteiger partial charge on any atom is 0.200 e. The molecular weight excluding hydrogens is 142 g/mol. The van der Waals surface area contributed by atoms with Crippen molar-refractivity contribution in [2.24, 2.45) is 0 Å². The van der Waals surface area contributed by atoms with Crippen LogP contribution in [0.15, 0.2) is 6.20 Å². The molecule has 59 valence electrons. The lowest BCUT2D eigenvalue weighted by Crippen LogP contribution is -2.02. The van der Waals surface area contributed by atoms with Crippen molar-refractivity contribution in [2.45, 2.75) is 6.92 Å². The van der Waals surface area contributed by atoms with Gasteiger partial charge in [-0.25, -0.2) is 9.97 Å². The van der Waals surface area contributed by atoms with Crippen LogP contribution >= 0.6 is 0 Å². The van der Waals surface area contributed by atoms with Crippen molar-refractivity contribution in [3.8, 4) is 5.75 Å². The Morgan fingerprint density at radius 3 is 3.18 bits per heavy atom. The summed E-state index contributed by atoms with van der Waals surface area (Å²) in [6, 6.07) is 0. The molecule has 0 aliphatic heterocycles. The van der Waals surface area contributed by atoms with E-state index in [9.17, 15) is 0 Å². The molecule has 1 N–H and O–H groups in total. The first kappa shape index (κ1) is 7.78. The third-order valence-electron chi connectivity index (χ3n) is 1.20. The van der Waals surface area contributed by atoms with Gasteiger partial charge >= 0.3 is 0 Å². The highest BCUT2D eigenvalue weighted by atomic mass is 16.5. The summed E-state index contributed by atoms with van der Waals surface area (Å²) in [5.74, 6) is 1.33. The second-order valence-electron chi connectivity index (χ2n) is 1.92. The highest BCUT2D eigenvalue weighted by molar-refractivity contribution is 5.47. The quantitative estimate of drug-likeness (QED) is 0.693. The van der Waals surface area contributed by atoms with Gasteiger partial charge in [-0.15, -0.1) is 0 Å². The zero-order valence-corrected chi connectivity index (χ0v) is 6.59. The molecule has 0 aliphatic rings. The summed E-state index contributed by atoms with van der Waals surface area (Å²) in [6.07, 6.45) is 4.05. The highest BCUT2D eigenvalue weighted by Gasteiger charge is 2.00. The third kappa shape index (κ3) is 1.80. The maximum atomic E-state index is 4.99. The van der Waals surface area contributed by atoms with Crippen molar-refractivity contribution >= 4 is 5.82 Å². The van der Waals surface area contributed by atoms with Crippen LogP contribution in [-0.4, -0.2) is 23.6 Å². The number of hydrogen-bond acceptors (Lipinski definition) is 4. The number of nitrogens with one attached hydrogen (secondary N) is 1. The first-order valence-corrected chi connectivity index (χ1v) is 3.39. The number of aromatic nitrogens is 2. The molecule has 0 bridgehead atoms. The van der Waals surface area contributed by atoms with E-state index in [2.05, 4.69) is 21.6 Å². The van der Waals surface area contributed by atoms with Crippen LogP contribution in [0.2, 0.25) is 0 Å². The summed E-state index contributed by atoms with van der Waals surface area (Å²) < 4.78 is 4.99. The molecule has 4 nitrogen and oxygen atoms in total. The Kier molecular flexibility index (Phi) is 2.66. The summed E-state index contributed by atoms with van der Waals surface area (Å²) in [5, 5.41) is 3.02. The van der Waals surface area contributed by atoms with Gasteiger partial charge in [0, 0.05) is 6.54 Å². The van der Waals surface area contributed by atoms with E-state index in [1.165, 1.54) is 0 Å². The van der Waals surface area contributed by atoms with Crippen molar-refractivity contribution in [2.75, 3.05) is 19.0 Å². The molecule has 0 amide bonds. The summed E-state index contributed by atoms with van der Waals surface area (Å²) >= 11 is 0. The van der Waals surface area contributed by atoms with Gasteiger partial charge in [0.1, 0.15) is 0 Å². The van der Waals surface area contributed by atoms with Gasteiger partial charge in [0.2, 0.25) is 0 Å². The Labute approximate surface area is 65.6 Å². The second kappa shape index (κ2) is 3.75. The van der Waals surface area contributed by atoms with Gasteiger partial charge in [0.05, 0.1) is 13.3 Å². The smallest absolute Gasteiger partial charge is 0.200 e. The number of methoxy groups -OCH3 is 1. The molecule has 0 spiro atoms. The van der Waals surface area contributed by atoms with E-state index in [1.54, 1.807) is 13.3 Å². The highest BCUT2D eigenvalue weighted by Crippen LogP contribution is 2.17. The van der Waals surface area contributed by atoms with Crippen molar-refractivity contribution < 1.29 is 4.74 Å². The Morgan fingerprint density at radius 1 is 1.73 bits per heavy atom. The summed E-state index contributed by atoms with van der Waals surface area (Å²) in [5.41, 5.74) is 0. The van der Waals surface area contributed by atoms with E-state index in [1.807, 2.05) is 6.92 Å². The Hall–Kier alpha value is -1.32. The molecule has 0 saturated carbocycles. The van der Waals surface area contributed by atoms with Crippen LogP contribution in [0.5, 0.6) is 5.75 Å². The zero-order valence-electron chi connectivity index (χ0n) is 6.59. The predicted octanol–water partition coefficient (Wildman–Crippen LogP) is 0.717. The summed E-state index contributed by atoms with van der Waals surface area (Å²) in [7, 11) is 1.58. The first-order chi connectivity index (χ1) is 5.38. The van der Waals surface area contributed by atoms with Crippen molar-refractivity contribution in [3.63, 3.8) is 0 Å². The van der Waals surface area contributed by atoms with E-state index in [0.29, 0.717) is 11.6 Å². The fourth-order valence-electron chi connectivity index (χ4n) is 0.726. The van der Waals surface area contributed by atoms with Gasteiger partial charge in [0.15, 0.2) is 17.9 Å². The maximum absolute atomic E-state index is 4.99. The first-order valence-electron chi connectivity index (χ1n) is 3.39. The SMILES string of the molecule is CCNc1n[c]ncc1OC. The standard InChI is InChI=1S/C7H10N3O/c1-3-9-7-6(11-2)4-8-5-10-7/h4H,3H2,1-2H3,(H,8,9,10). The molecule has 1 aromatic rings. The second-order valence-corrected chi connectivity index (χ2v) is 1.92. The lowest BCUT2D eigenvalue weighted by Gasteiger charge is -2.05. The summed E-state index contributed by atoms with van der Waals surface area (Å²) in [6.45, 7) is 2.79. The van der Waals surface area contributed by atoms with Crippen LogP contribution in [0.25, 0.3) is 0 Å². The molecule has 11 heavy (non-hydrogen) atoms. The fraction of sp³-hybridized carbons (Fsp3) is 0.429. The van der Waals surface area contributed by atoms with Gasteiger partial charge in [0.25, 0.3) is 0 Å². The van der Waals surface area contributed by atoms with E-state index < -0.39 is 0 Å². The summed E-state index contributed by atoms with van der Waals surface area (Å²) in [4.78, 5) is 7.56. The Balaban J connectivity index is 2.83. The minimum atomic E-state index is 0.644. The van der Waals surface area contributed by atoms with Gasteiger partial charge in [-0.3, -0.25) is 0 Å². The topological polar surface area (TPSA) is 47.0 Å². The van der Waals surface area contributed by atoms with E-state index >= 15 is 0 Å².